The Morgan fingerprint density at radius 1 is 1.33 bits per heavy atom. The Bertz CT molecular complexity index is 567. The summed E-state index contributed by atoms with van der Waals surface area (Å²) in [5, 5.41) is 2.28. The molecule has 4 nitrogen and oxygen atoms in total. The first-order valence-corrected chi connectivity index (χ1v) is 7.46. The minimum atomic E-state index is -3.09. The molecule has 0 aliphatic rings. The zero-order valence-corrected chi connectivity index (χ0v) is 14.3. The summed E-state index contributed by atoms with van der Waals surface area (Å²) in [6.45, 7) is 7.50. The molecule has 132 valence electrons. The van der Waals surface area contributed by atoms with Gasteiger partial charge in [0.2, 0.25) is 0 Å². The van der Waals surface area contributed by atoms with E-state index in [4.69, 9.17) is 5.73 Å². The minimum Gasteiger partial charge on any atom is -0.394 e. The molecule has 0 saturated carbocycles. The summed E-state index contributed by atoms with van der Waals surface area (Å²) in [7, 11) is 0. The third-order valence-corrected chi connectivity index (χ3v) is 3.05. The molecule has 0 aliphatic heterocycles. The first-order chi connectivity index (χ1) is 11.2. The standard InChI is InChI=1S/C18H25F2N3O/c1-5-6-8-11-14(2)16(21)17(24)23-15(18(3,19)20)12-9-7-10-13-22-4/h5-11,13,15H,4,12,21H2,1-3H3,(H,23,24)/b6-5-,9-7-,11-8-,13-10-,16-14+. The van der Waals surface area contributed by atoms with Gasteiger partial charge in [-0.3, -0.25) is 9.79 Å². The number of carbonyl (C=O) groups is 1. The molecule has 0 aliphatic carbocycles. The van der Waals surface area contributed by atoms with Crippen molar-refractivity contribution in [2.75, 3.05) is 0 Å². The normalized spacial score (nSPS) is 15.4. The third kappa shape index (κ3) is 8.82. The molecule has 0 heterocycles. The van der Waals surface area contributed by atoms with Gasteiger partial charge in [0.05, 0.1) is 6.04 Å². The number of amides is 1. The van der Waals surface area contributed by atoms with Crippen molar-refractivity contribution in [2.24, 2.45) is 10.7 Å². The molecular formula is C18H25F2N3O. The Hall–Kier alpha value is -2.50. The predicted molar refractivity (Wildman–Crippen MR) is 95.8 cm³/mol. The monoisotopic (exact) mass is 337 g/mol. The van der Waals surface area contributed by atoms with Gasteiger partial charge in [0.1, 0.15) is 5.70 Å². The molecule has 3 N–H and O–H groups in total. The average molecular weight is 337 g/mol. The summed E-state index contributed by atoms with van der Waals surface area (Å²) in [5.41, 5.74) is 6.13. The number of carbonyl (C=O) groups excluding carboxylic acids is 1. The van der Waals surface area contributed by atoms with Crippen molar-refractivity contribution < 1.29 is 13.6 Å². The number of alkyl halides is 2. The van der Waals surface area contributed by atoms with Crippen molar-refractivity contribution in [3.63, 3.8) is 0 Å². The van der Waals surface area contributed by atoms with Crippen LogP contribution in [0.5, 0.6) is 0 Å². The third-order valence-electron chi connectivity index (χ3n) is 3.05. The lowest BCUT2D eigenvalue weighted by molar-refractivity contribution is -0.121. The SMILES string of the molecule is C=N/C=C\C=C/CC(NC(=O)\C(N)=C(C)/C=C\C=C/C)C(C)(F)F. The Morgan fingerprint density at radius 3 is 2.54 bits per heavy atom. The van der Waals surface area contributed by atoms with E-state index >= 15 is 0 Å². The van der Waals surface area contributed by atoms with Gasteiger partial charge in [-0.05, 0) is 38.6 Å². The largest absolute Gasteiger partial charge is 0.394 e. The second-order valence-corrected chi connectivity index (χ2v) is 5.15. The van der Waals surface area contributed by atoms with Gasteiger partial charge in [-0.15, -0.1) is 0 Å². The highest BCUT2D eigenvalue weighted by Crippen LogP contribution is 2.21. The Labute approximate surface area is 142 Å². The summed E-state index contributed by atoms with van der Waals surface area (Å²) >= 11 is 0. The van der Waals surface area contributed by atoms with Crippen molar-refractivity contribution in [1.29, 1.82) is 0 Å². The highest BCUT2D eigenvalue weighted by molar-refractivity contribution is 5.93. The number of hydrogen-bond donors (Lipinski definition) is 2. The van der Waals surface area contributed by atoms with E-state index in [-0.39, 0.29) is 12.1 Å². The summed E-state index contributed by atoms with van der Waals surface area (Å²) in [4.78, 5) is 15.6. The van der Waals surface area contributed by atoms with E-state index in [2.05, 4.69) is 17.0 Å². The molecule has 0 fully saturated rings. The predicted octanol–water partition coefficient (Wildman–Crippen LogP) is 3.65. The molecule has 0 aromatic rings. The van der Waals surface area contributed by atoms with E-state index in [0.29, 0.717) is 5.57 Å². The van der Waals surface area contributed by atoms with Crippen LogP contribution in [-0.4, -0.2) is 24.6 Å². The number of halogens is 2. The first-order valence-electron chi connectivity index (χ1n) is 7.46. The molecule has 1 atom stereocenters. The zero-order chi connectivity index (χ0) is 18.6. The van der Waals surface area contributed by atoms with Crippen molar-refractivity contribution in [2.45, 2.75) is 39.2 Å². The Kier molecular flexibility index (Phi) is 9.94. The number of nitrogens with two attached hydrogens (primary N) is 1. The number of aliphatic imine (C=N–C) groups is 1. The van der Waals surface area contributed by atoms with Crippen molar-refractivity contribution in [1.82, 2.24) is 5.32 Å². The van der Waals surface area contributed by atoms with Crippen LogP contribution < -0.4 is 11.1 Å². The van der Waals surface area contributed by atoms with E-state index in [0.717, 1.165) is 6.92 Å². The lowest BCUT2D eigenvalue weighted by atomic mass is 10.1. The molecule has 0 spiro atoms. The molecule has 6 heteroatoms. The smallest absolute Gasteiger partial charge is 0.267 e. The van der Waals surface area contributed by atoms with E-state index in [1.165, 1.54) is 12.3 Å². The van der Waals surface area contributed by atoms with E-state index in [1.54, 1.807) is 37.3 Å². The molecule has 1 amide bonds. The molecule has 0 rings (SSSR count). The van der Waals surface area contributed by atoms with Crippen molar-refractivity contribution >= 4 is 12.6 Å². The van der Waals surface area contributed by atoms with E-state index in [1.807, 2.05) is 13.0 Å². The molecule has 0 aromatic carbocycles. The van der Waals surface area contributed by atoms with Gasteiger partial charge in [0.25, 0.3) is 11.8 Å². The fraction of sp³-hybridized carbons (Fsp3) is 0.333. The number of allylic oxidation sites excluding steroid dienone is 7. The van der Waals surface area contributed by atoms with Gasteiger partial charge >= 0.3 is 0 Å². The summed E-state index contributed by atoms with van der Waals surface area (Å²) in [6.07, 6.45) is 13.0. The van der Waals surface area contributed by atoms with Crippen LogP contribution in [0.3, 0.4) is 0 Å². The van der Waals surface area contributed by atoms with Crippen LogP contribution in [0.15, 0.2) is 65.0 Å². The molecule has 0 saturated heterocycles. The van der Waals surface area contributed by atoms with E-state index < -0.39 is 17.9 Å². The van der Waals surface area contributed by atoms with Crippen LogP contribution >= 0.6 is 0 Å². The topological polar surface area (TPSA) is 67.5 Å². The highest BCUT2D eigenvalue weighted by Gasteiger charge is 2.34. The minimum absolute atomic E-state index is 0.0442. The molecule has 1 unspecified atom stereocenters. The number of hydrogen-bond acceptors (Lipinski definition) is 3. The van der Waals surface area contributed by atoms with E-state index in [9.17, 15) is 13.6 Å². The Morgan fingerprint density at radius 2 is 2.00 bits per heavy atom. The van der Waals surface area contributed by atoms with Gasteiger partial charge in [0, 0.05) is 13.1 Å². The van der Waals surface area contributed by atoms with Gasteiger partial charge in [-0.25, -0.2) is 8.78 Å². The average Bonchev–Trinajstić information content (AvgIpc) is 2.51. The first kappa shape index (κ1) is 21.5. The summed E-state index contributed by atoms with van der Waals surface area (Å²) in [5.74, 6) is -3.81. The highest BCUT2D eigenvalue weighted by atomic mass is 19.3. The lowest BCUT2D eigenvalue weighted by Gasteiger charge is -2.24. The fourth-order valence-corrected chi connectivity index (χ4v) is 1.61. The quantitative estimate of drug-likeness (QED) is 0.383. The molecule has 0 radical (unpaired) electrons. The number of rotatable bonds is 9. The van der Waals surface area contributed by atoms with Crippen LogP contribution in [0, 0.1) is 0 Å². The second-order valence-electron chi connectivity index (χ2n) is 5.15. The maximum Gasteiger partial charge on any atom is 0.267 e. The Balaban J connectivity index is 5.05. The number of nitrogens with zero attached hydrogens (tertiary/aromatic N) is 1. The summed E-state index contributed by atoms with van der Waals surface area (Å²) < 4.78 is 27.3. The van der Waals surface area contributed by atoms with Gasteiger partial charge in [-0.2, -0.15) is 0 Å². The molecular weight excluding hydrogens is 312 g/mol. The maximum atomic E-state index is 13.7. The van der Waals surface area contributed by atoms with Gasteiger partial charge < -0.3 is 11.1 Å². The summed E-state index contributed by atoms with van der Waals surface area (Å²) in [6, 6.07) is -1.36. The number of nitrogens with one attached hydrogen (secondary N) is 1. The van der Waals surface area contributed by atoms with Crippen LogP contribution in [0.2, 0.25) is 0 Å². The van der Waals surface area contributed by atoms with Crippen LogP contribution in [0.1, 0.15) is 27.2 Å². The van der Waals surface area contributed by atoms with Crippen LogP contribution in [0.4, 0.5) is 8.78 Å². The van der Waals surface area contributed by atoms with Crippen molar-refractivity contribution in [3.8, 4) is 0 Å². The van der Waals surface area contributed by atoms with Crippen LogP contribution in [-0.2, 0) is 4.79 Å². The van der Waals surface area contributed by atoms with Gasteiger partial charge in [0.15, 0.2) is 0 Å². The maximum absolute atomic E-state index is 13.7. The lowest BCUT2D eigenvalue weighted by Crippen LogP contribution is -2.47. The second kappa shape index (κ2) is 11.1. The van der Waals surface area contributed by atoms with Crippen LogP contribution in [0.25, 0.3) is 0 Å². The van der Waals surface area contributed by atoms with Crippen molar-refractivity contribution in [3.05, 3.63) is 60.0 Å². The molecule has 0 aromatic heterocycles. The zero-order valence-electron chi connectivity index (χ0n) is 14.3. The molecule has 24 heavy (non-hydrogen) atoms. The fourth-order valence-electron chi connectivity index (χ4n) is 1.61. The molecule has 0 bridgehead atoms. The van der Waals surface area contributed by atoms with Gasteiger partial charge in [-0.1, -0.05) is 36.5 Å².